The van der Waals surface area contributed by atoms with Crippen LogP contribution in [0.2, 0.25) is 0 Å². The second-order valence-corrected chi connectivity index (χ2v) is 5.10. The van der Waals surface area contributed by atoms with Gasteiger partial charge in [0.05, 0.1) is 0 Å². The molecule has 1 fully saturated rings. The van der Waals surface area contributed by atoms with Crippen LogP contribution >= 0.6 is 0 Å². The summed E-state index contributed by atoms with van der Waals surface area (Å²) in [7, 11) is 0. The Labute approximate surface area is 76.5 Å². The van der Waals surface area contributed by atoms with Crippen molar-refractivity contribution in [3.05, 3.63) is 0 Å². The van der Waals surface area contributed by atoms with Gasteiger partial charge in [0.2, 0.25) is 0 Å². The van der Waals surface area contributed by atoms with E-state index >= 15 is 0 Å². The molecule has 1 atom stereocenters. The molecule has 0 aromatic carbocycles. The lowest BCUT2D eigenvalue weighted by atomic mass is 9.72. The maximum atomic E-state index is 5.36. The van der Waals surface area contributed by atoms with Gasteiger partial charge in [-0.2, -0.15) is 0 Å². The topological polar surface area (TPSA) is 9.23 Å². The first-order chi connectivity index (χ1) is 5.52. The van der Waals surface area contributed by atoms with Gasteiger partial charge in [0.15, 0.2) is 0 Å². The van der Waals surface area contributed by atoms with Crippen LogP contribution in [0.1, 0.15) is 40.5 Å². The summed E-state index contributed by atoms with van der Waals surface area (Å²) in [5.41, 5.74) is 0.460. The van der Waals surface area contributed by atoms with Crippen molar-refractivity contribution in [3.63, 3.8) is 0 Å². The highest BCUT2D eigenvalue weighted by atomic mass is 16.5. The fraction of sp³-hybridized carbons (Fsp3) is 1.00. The van der Waals surface area contributed by atoms with Gasteiger partial charge >= 0.3 is 0 Å². The van der Waals surface area contributed by atoms with Crippen molar-refractivity contribution in [2.24, 2.45) is 17.3 Å². The van der Waals surface area contributed by atoms with Gasteiger partial charge in [0, 0.05) is 13.2 Å². The first kappa shape index (κ1) is 10.0. The number of hydrogen-bond acceptors (Lipinski definition) is 1. The summed E-state index contributed by atoms with van der Waals surface area (Å²) >= 11 is 0. The average Bonchev–Trinajstić information content (AvgIpc) is 2.03. The normalized spacial score (nSPS) is 24.0. The molecule has 0 N–H and O–H groups in total. The molecule has 1 aliphatic rings. The molecule has 0 aromatic rings. The summed E-state index contributed by atoms with van der Waals surface area (Å²) in [6.45, 7) is 11.4. The summed E-state index contributed by atoms with van der Waals surface area (Å²) < 4.78 is 5.36. The van der Waals surface area contributed by atoms with E-state index in [-0.39, 0.29) is 0 Å². The van der Waals surface area contributed by atoms with Crippen LogP contribution in [0.3, 0.4) is 0 Å². The molecule has 1 heteroatoms. The second kappa shape index (κ2) is 3.78. The zero-order valence-electron chi connectivity index (χ0n) is 8.89. The lowest BCUT2D eigenvalue weighted by Gasteiger charge is -2.36. The molecule has 0 saturated carbocycles. The second-order valence-electron chi connectivity index (χ2n) is 5.10. The van der Waals surface area contributed by atoms with Crippen molar-refractivity contribution in [2.45, 2.75) is 40.5 Å². The Morgan fingerprint density at radius 1 is 1.17 bits per heavy atom. The SMILES string of the molecule is C[C@H](C1CCOCC1)C(C)(C)C. The smallest absolute Gasteiger partial charge is 0.0468 e. The maximum Gasteiger partial charge on any atom is 0.0468 e. The molecule has 72 valence electrons. The molecule has 1 saturated heterocycles. The molecule has 0 aliphatic carbocycles. The van der Waals surface area contributed by atoms with E-state index in [1.54, 1.807) is 0 Å². The predicted molar refractivity (Wildman–Crippen MR) is 52.2 cm³/mol. The summed E-state index contributed by atoms with van der Waals surface area (Å²) in [6, 6.07) is 0. The molecule has 0 unspecified atom stereocenters. The van der Waals surface area contributed by atoms with Crippen LogP contribution < -0.4 is 0 Å². The minimum Gasteiger partial charge on any atom is -0.381 e. The van der Waals surface area contributed by atoms with Gasteiger partial charge in [-0.05, 0) is 30.1 Å². The standard InChI is InChI=1S/C11H22O/c1-9(11(2,3)4)10-5-7-12-8-6-10/h9-10H,5-8H2,1-4H3/t9-/m1/s1. The zero-order chi connectivity index (χ0) is 9.19. The fourth-order valence-corrected chi connectivity index (χ4v) is 1.92. The molecule has 1 aliphatic heterocycles. The van der Waals surface area contributed by atoms with E-state index in [4.69, 9.17) is 4.74 Å². The van der Waals surface area contributed by atoms with Gasteiger partial charge in [-0.15, -0.1) is 0 Å². The Hall–Kier alpha value is -0.0400. The van der Waals surface area contributed by atoms with Crippen molar-refractivity contribution < 1.29 is 4.74 Å². The minimum absolute atomic E-state index is 0.460. The highest BCUT2D eigenvalue weighted by Gasteiger charge is 2.29. The third-order valence-corrected chi connectivity index (χ3v) is 3.34. The first-order valence-electron chi connectivity index (χ1n) is 5.09. The average molecular weight is 170 g/mol. The van der Waals surface area contributed by atoms with Crippen LogP contribution in [-0.4, -0.2) is 13.2 Å². The summed E-state index contributed by atoms with van der Waals surface area (Å²) in [6.07, 6.45) is 2.52. The fourth-order valence-electron chi connectivity index (χ4n) is 1.92. The highest BCUT2D eigenvalue weighted by molar-refractivity contribution is 4.78. The van der Waals surface area contributed by atoms with Gasteiger partial charge in [-0.3, -0.25) is 0 Å². The third kappa shape index (κ3) is 2.48. The van der Waals surface area contributed by atoms with Gasteiger partial charge in [0.25, 0.3) is 0 Å². The molecule has 0 spiro atoms. The van der Waals surface area contributed by atoms with Crippen molar-refractivity contribution in [3.8, 4) is 0 Å². The molecule has 0 bridgehead atoms. The van der Waals surface area contributed by atoms with E-state index in [1.165, 1.54) is 12.8 Å². The highest BCUT2D eigenvalue weighted by Crippen LogP contribution is 2.36. The maximum absolute atomic E-state index is 5.36. The predicted octanol–water partition coefficient (Wildman–Crippen LogP) is 3.10. The number of hydrogen-bond donors (Lipinski definition) is 0. The van der Waals surface area contributed by atoms with Crippen LogP contribution in [0, 0.1) is 17.3 Å². The number of rotatable bonds is 1. The van der Waals surface area contributed by atoms with Gasteiger partial charge in [-0.1, -0.05) is 27.7 Å². The molecular weight excluding hydrogens is 148 g/mol. The first-order valence-corrected chi connectivity index (χ1v) is 5.09. The van der Waals surface area contributed by atoms with Gasteiger partial charge in [0.1, 0.15) is 0 Å². The van der Waals surface area contributed by atoms with E-state index in [2.05, 4.69) is 27.7 Å². The number of ether oxygens (including phenoxy) is 1. The van der Waals surface area contributed by atoms with Crippen LogP contribution in [0.4, 0.5) is 0 Å². The van der Waals surface area contributed by atoms with Gasteiger partial charge in [-0.25, -0.2) is 0 Å². The Bertz CT molecular complexity index is 128. The lowest BCUT2D eigenvalue weighted by Crippen LogP contribution is -2.30. The molecule has 1 nitrogen and oxygen atoms in total. The Morgan fingerprint density at radius 2 is 1.67 bits per heavy atom. The molecule has 12 heavy (non-hydrogen) atoms. The molecule has 1 heterocycles. The van der Waals surface area contributed by atoms with Crippen LogP contribution in [0.15, 0.2) is 0 Å². The zero-order valence-corrected chi connectivity index (χ0v) is 8.89. The Morgan fingerprint density at radius 3 is 2.08 bits per heavy atom. The van der Waals surface area contributed by atoms with Crippen LogP contribution in [-0.2, 0) is 4.74 Å². The largest absolute Gasteiger partial charge is 0.381 e. The quantitative estimate of drug-likeness (QED) is 0.587. The monoisotopic (exact) mass is 170 g/mol. The molecule has 0 aromatic heterocycles. The molecule has 0 radical (unpaired) electrons. The summed E-state index contributed by atoms with van der Waals surface area (Å²) in [4.78, 5) is 0. The molecule has 0 amide bonds. The van der Waals surface area contributed by atoms with E-state index in [0.29, 0.717) is 5.41 Å². The third-order valence-electron chi connectivity index (χ3n) is 3.34. The van der Waals surface area contributed by atoms with E-state index in [9.17, 15) is 0 Å². The van der Waals surface area contributed by atoms with E-state index in [0.717, 1.165) is 25.0 Å². The minimum atomic E-state index is 0.460. The summed E-state index contributed by atoms with van der Waals surface area (Å²) in [5, 5.41) is 0. The van der Waals surface area contributed by atoms with Crippen molar-refractivity contribution in [1.82, 2.24) is 0 Å². The molecule has 1 rings (SSSR count). The van der Waals surface area contributed by atoms with Crippen LogP contribution in [0.25, 0.3) is 0 Å². The van der Waals surface area contributed by atoms with Crippen LogP contribution in [0.5, 0.6) is 0 Å². The van der Waals surface area contributed by atoms with E-state index < -0.39 is 0 Å². The molecular formula is C11H22O. The van der Waals surface area contributed by atoms with E-state index in [1.807, 2.05) is 0 Å². The van der Waals surface area contributed by atoms with Crippen molar-refractivity contribution in [1.29, 1.82) is 0 Å². The van der Waals surface area contributed by atoms with Crippen molar-refractivity contribution >= 4 is 0 Å². The Balaban J connectivity index is 2.45. The Kier molecular flexibility index (Phi) is 3.16. The van der Waals surface area contributed by atoms with Gasteiger partial charge < -0.3 is 4.74 Å². The van der Waals surface area contributed by atoms with Crippen molar-refractivity contribution in [2.75, 3.05) is 13.2 Å². The lowest BCUT2D eigenvalue weighted by molar-refractivity contribution is 0.0263. The summed E-state index contributed by atoms with van der Waals surface area (Å²) in [5.74, 6) is 1.71.